The highest BCUT2D eigenvalue weighted by molar-refractivity contribution is 6.41. The predicted molar refractivity (Wildman–Crippen MR) is 78.5 cm³/mol. The Morgan fingerprint density at radius 2 is 2.24 bits per heavy atom. The summed E-state index contributed by atoms with van der Waals surface area (Å²) in [6, 6.07) is 1.25. The van der Waals surface area contributed by atoms with E-state index < -0.39 is 0 Å². The van der Waals surface area contributed by atoms with E-state index in [1.54, 1.807) is 0 Å². The van der Waals surface area contributed by atoms with Crippen LogP contribution in [0.3, 0.4) is 0 Å². The molecule has 110 valence electrons. The molecule has 8 heteroatoms. The number of hydrogen-bond acceptors (Lipinski definition) is 4. The van der Waals surface area contributed by atoms with Crippen LogP contribution < -0.4 is 5.32 Å². The maximum absolute atomic E-state index is 12.2. The number of rotatable bonds is 3. The molecule has 0 radical (unpaired) electrons. The van der Waals surface area contributed by atoms with Crippen LogP contribution in [0.2, 0.25) is 10.2 Å². The van der Waals surface area contributed by atoms with Gasteiger partial charge in [0.25, 0.3) is 5.91 Å². The number of nitrogens with zero attached hydrogens (tertiary/aromatic N) is 4. The number of pyridine rings is 1. The third kappa shape index (κ3) is 2.73. The number of fused-ring (bicyclic) bond motifs is 1. The van der Waals surface area contributed by atoms with E-state index >= 15 is 0 Å². The molecule has 2 aromatic heterocycles. The second kappa shape index (κ2) is 5.61. The Kier molecular flexibility index (Phi) is 3.82. The van der Waals surface area contributed by atoms with E-state index in [1.165, 1.54) is 12.3 Å². The van der Waals surface area contributed by atoms with E-state index in [9.17, 15) is 4.79 Å². The zero-order valence-corrected chi connectivity index (χ0v) is 12.8. The van der Waals surface area contributed by atoms with Crippen LogP contribution in [0, 0.1) is 0 Å². The molecule has 0 saturated carbocycles. The van der Waals surface area contributed by atoms with Gasteiger partial charge in [0.15, 0.2) is 5.82 Å². The first-order chi connectivity index (χ1) is 10.1. The lowest BCUT2D eigenvalue weighted by Crippen LogP contribution is -2.28. The molecule has 0 spiro atoms. The number of aryl methyl sites for hydroxylation is 1. The molecular formula is C13H13Cl2N5O. The average Bonchev–Trinajstić information content (AvgIpc) is 3.04. The third-order valence-electron chi connectivity index (χ3n) is 3.43. The van der Waals surface area contributed by atoms with Crippen LogP contribution in [0.5, 0.6) is 0 Å². The van der Waals surface area contributed by atoms with E-state index in [1.807, 2.05) is 6.92 Å². The van der Waals surface area contributed by atoms with Gasteiger partial charge in [-0.15, -0.1) is 10.2 Å². The monoisotopic (exact) mass is 325 g/mol. The highest BCUT2D eigenvalue weighted by Gasteiger charge is 2.22. The van der Waals surface area contributed by atoms with Gasteiger partial charge in [0, 0.05) is 19.2 Å². The van der Waals surface area contributed by atoms with E-state index in [4.69, 9.17) is 23.2 Å². The van der Waals surface area contributed by atoms with Crippen molar-refractivity contribution < 1.29 is 4.79 Å². The van der Waals surface area contributed by atoms with Crippen molar-refractivity contribution in [3.8, 4) is 0 Å². The standard InChI is InChI=1S/C13H13Cl2N5O/c1-7(12-19-18-10-3-2-4-20(10)12)17-13(21)8-5-9(14)11(15)16-6-8/h5-7H,2-4H2,1H3,(H,17,21). The van der Waals surface area contributed by atoms with Crippen molar-refractivity contribution in [1.82, 2.24) is 25.1 Å². The molecule has 0 saturated heterocycles. The average molecular weight is 326 g/mol. The van der Waals surface area contributed by atoms with Crippen LogP contribution in [0.4, 0.5) is 0 Å². The second-order valence-corrected chi connectivity index (χ2v) is 5.69. The lowest BCUT2D eigenvalue weighted by Gasteiger charge is -2.14. The lowest BCUT2D eigenvalue weighted by molar-refractivity contribution is 0.0937. The van der Waals surface area contributed by atoms with Gasteiger partial charge in [0.1, 0.15) is 11.0 Å². The van der Waals surface area contributed by atoms with E-state index in [0.717, 1.165) is 31.0 Å². The maximum atomic E-state index is 12.2. The van der Waals surface area contributed by atoms with Crippen molar-refractivity contribution in [3.05, 3.63) is 39.7 Å². The number of carbonyl (C=O) groups excluding carboxylic acids is 1. The number of hydrogen-bond donors (Lipinski definition) is 1. The summed E-state index contributed by atoms with van der Waals surface area (Å²) in [5.74, 6) is 1.47. The van der Waals surface area contributed by atoms with Gasteiger partial charge in [0.2, 0.25) is 0 Å². The van der Waals surface area contributed by atoms with Gasteiger partial charge in [-0.3, -0.25) is 4.79 Å². The number of amides is 1. The maximum Gasteiger partial charge on any atom is 0.253 e. The fourth-order valence-corrected chi connectivity index (χ4v) is 2.65. The normalized spacial score (nSPS) is 14.8. The minimum atomic E-state index is -0.274. The summed E-state index contributed by atoms with van der Waals surface area (Å²) in [6.45, 7) is 2.77. The molecule has 1 aliphatic heterocycles. The van der Waals surface area contributed by atoms with Crippen LogP contribution in [0.1, 0.15) is 41.4 Å². The molecule has 1 unspecified atom stereocenters. The van der Waals surface area contributed by atoms with Gasteiger partial charge in [-0.2, -0.15) is 0 Å². The van der Waals surface area contributed by atoms with Gasteiger partial charge >= 0.3 is 0 Å². The second-order valence-electron chi connectivity index (χ2n) is 4.92. The highest BCUT2D eigenvalue weighted by Crippen LogP contribution is 2.21. The molecule has 21 heavy (non-hydrogen) atoms. The van der Waals surface area contributed by atoms with Crippen molar-refractivity contribution in [2.24, 2.45) is 0 Å². The van der Waals surface area contributed by atoms with E-state index in [2.05, 4.69) is 25.1 Å². The smallest absolute Gasteiger partial charge is 0.253 e. The van der Waals surface area contributed by atoms with Gasteiger partial charge in [-0.1, -0.05) is 23.2 Å². The molecule has 1 aliphatic rings. The Morgan fingerprint density at radius 3 is 3.00 bits per heavy atom. The topological polar surface area (TPSA) is 72.7 Å². The first-order valence-corrected chi connectivity index (χ1v) is 7.35. The van der Waals surface area contributed by atoms with Crippen LogP contribution in [0.25, 0.3) is 0 Å². The predicted octanol–water partition coefficient (Wildman–Crippen LogP) is 2.42. The summed E-state index contributed by atoms with van der Waals surface area (Å²) in [7, 11) is 0. The summed E-state index contributed by atoms with van der Waals surface area (Å²) in [5, 5.41) is 11.6. The fourth-order valence-electron chi connectivity index (χ4n) is 2.38. The molecule has 0 aliphatic carbocycles. The number of nitrogens with one attached hydrogen (secondary N) is 1. The molecule has 2 aromatic rings. The highest BCUT2D eigenvalue weighted by atomic mass is 35.5. The van der Waals surface area contributed by atoms with Gasteiger partial charge in [0.05, 0.1) is 16.6 Å². The first-order valence-electron chi connectivity index (χ1n) is 6.60. The third-order valence-corrected chi connectivity index (χ3v) is 4.12. The van der Waals surface area contributed by atoms with Gasteiger partial charge in [-0.25, -0.2) is 4.98 Å². The van der Waals surface area contributed by atoms with Crippen molar-refractivity contribution in [2.45, 2.75) is 32.4 Å². The molecule has 3 rings (SSSR count). The quantitative estimate of drug-likeness (QED) is 0.879. The van der Waals surface area contributed by atoms with Gasteiger partial charge < -0.3 is 9.88 Å². The molecule has 3 heterocycles. The van der Waals surface area contributed by atoms with E-state index in [0.29, 0.717) is 5.56 Å². The van der Waals surface area contributed by atoms with E-state index in [-0.39, 0.29) is 22.1 Å². The molecule has 0 fully saturated rings. The zero-order chi connectivity index (χ0) is 15.0. The Morgan fingerprint density at radius 1 is 1.43 bits per heavy atom. The molecule has 1 N–H and O–H groups in total. The fraction of sp³-hybridized carbons (Fsp3) is 0.385. The Labute approximate surface area is 131 Å². The molecule has 0 bridgehead atoms. The first kappa shape index (κ1) is 14.3. The van der Waals surface area contributed by atoms with Crippen LogP contribution in [-0.2, 0) is 13.0 Å². The molecular weight excluding hydrogens is 313 g/mol. The summed E-state index contributed by atoms with van der Waals surface area (Å²) in [4.78, 5) is 16.1. The van der Waals surface area contributed by atoms with Crippen molar-refractivity contribution in [3.63, 3.8) is 0 Å². The zero-order valence-electron chi connectivity index (χ0n) is 11.3. The summed E-state index contributed by atoms with van der Waals surface area (Å²) < 4.78 is 2.05. The minimum absolute atomic E-state index is 0.177. The van der Waals surface area contributed by atoms with Crippen molar-refractivity contribution >= 4 is 29.1 Å². The summed E-state index contributed by atoms with van der Waals surface area (Å²) >= 11 is 11.6. The van der Waals surface area contributed by atoms with Gasteiger partial charge in [-0.05, 0) is 19.4 Å². The Balaban J connectivity index is 1.76. The number of carbonyl (C=O) groups is 1. The van der Waals surface area contributed by atoms with Crippen LogP contribution in [-0.4, -0.2) is 25.7 Å². The SMILES string of the molecule is CC(NC(=O)c1cnc(Cl)c(Cl)c1)c1nnc2n1CCC2. The Hall–Kier alpha value is -1.66. The van der Waals surface area contributed by atoms with Crippen LogP contribution in [0.15, 0.2) is 12.3 Å². The summed E-state index contributed by atoms with van der Waals surface area (Å²) in [5.41, 5.74) is 0.359. The Bertz CT molecular complexity index is 700. The summed E-state index contributed by atoms with van der Waals surface area (Å²) in [6.07, 6.45) is 3.39. The lowest BCUT2D eigenvalue weighted by atomic mass is 10.2. The van der Waals surface area contributed by atoms with Crippen molar-refractivity contribution in [1.29, 1.82) is 0 Å². The molecule has 0 aromatic carbocycles. The van der Waals surface area contributed by atoms with Crippen molar-refractivity contribution in [2.75, 3.05) is 0 Å². The number of halogens is 2. The minimum Gasteiger partial charge on any atom is -0.342 e. The van der Waals surface area contributed by atoms with Crippen LogP contribution >= 0.6 is 23.2 Å². The largest absolute Gasteiger partial charge is 0.342 e. The molecule has 1 amide bonds. The number of aromatic nitrogens is 4. The molecule has 6 nitrogen and oxygen atoms in total. The molecule has 1 atom stereocenters.